The maximum atomic E-state index is 12.6. The Morgan fingerprint density at radius 3 is 2.46 bits per heavy atom. The fourth-order valence-electron chi connectivity index (χ4n) is 2.35. The fraction of sp³-hybridized carbons (Fsp3) is 0.500. The molecule has 24 heavy (non-hydrogen) atoms. The number of hydrogen-bond acceptors (Lipinski definition) is 5. The van der Waals surface area contributed by atoms with E-state index in [4.69, 9.17) is 0 Å². The van der Waals surface area contributed by atoms with Gasteiger partial charge < -0.3 is 15.1 Å². The van der Waals surface area contributed by atoms with Crippen LogP contribution in [0.25, 0.3) is 0 Å². The molecular formula is C14H17F3N4O3. The predicted molar refractivity (Wildman–Crippen MR) is 80.7 cm³/mol. The van der Waals surface area contributed by atoms with Crippen molar-refractivity contribution in [3.63, 3.8) is 0 Å². The van der Waals surface area contributed by atoms with Gasteiger partial charge in [0.15, 0.2) is 0 Å². The van der Waals surface area contributed by atoms with Gasteiger partial charge in [0.05, 0.1) is 17.0 Å². The Labute approximate surface area is 136 Å². The highest BCUT2D eigenvalue weighted by atomic mass is 19.4. The van der Waals surface area contributed by atoms with Crippen LogP contribution >= 0.6 is 0 Å². The molecule has 1 aliphatic heterocycles. The topological polar surface area (TPSA) is 78.7 Å². The number of rotatable bonds is 4. The van der Waals surface area contributed by atoms with Crippen molar-refractivity contribution in [2.45, 2.75) is 6.18 Å². The van der Waals surface area contributed by atoms with Gasteiger partial charge in [-0.25, -0.2) is 0 Å². The van der Waals surface area contributed by atoms with Crippen LogP contribution in [0.3, 0.4) is 0 Å². The number of alkyl halides is 3. The van der Waals surface area contributed by atoms with E-state index in [0.717, 1.165) is 25.2 Å². The second-order valence-electron chi connectivity index (χ2n) is 5.52. The lowest BCUT2D eigenvalue weighted by atomic mass is 10.1. The van der Waals surface area contributed by atoms with Gasteiger partial charge >= 0.3 is 6.18 Å². The number of halogens is 3. The average Bonchev–Trinajstić information content (AvgIpc) is 2.52. The van der Waals surface area contributed by atoms with Gasteiger partial charge in [-0.3, -0.25) is 14.9 Å². The largest absolute Gasteiger partial charge is 0.416 e. The van der Waals surface area contributed by atoms with E-state index in [0.29, 0.717) is 19.2 Å². The molecule has 1 amide bonds. The standard InChI is InChI=1S/C14H17F3N4O3/c1-19-4-6-20(7-5-19)13(22)9-18-11-3-2-10(14(15,16)17)8-12(11)21(23)24/h2-3,8,18H,4-7,9H2,1H3. The maximum Gasteiger partial charge on any atom is 0.416 e. The van der Waals surface area contributed by atoms with E-state index in [1.807, 2.05) is 7.05 Å². The molecule has 2 rings (SSSR count). The molecule has 1 heterocycles. The second kappa shape index (κ2) is 7.04. The van der Waals surface area contributed by atoms with E-state index < -0.39 is 22.4 Å². The third-order valence-electron chi connectivity index (χ3n) is 3.81. The van der Waals surface area contributed by atoms with Gasteiger partial charge in [-0.15, -0.1) is 0 Å². The number of amides is 1. The first-order valence-corrected chi connectivity index (χ1v) is 7.24. The summed E-state index contributed by atoms with van der Waals surface area (Å²) in [6.07, 6.45) is -4.67. The second-order valence-corrected chi connectivity index (χ2v) is 5.52. The summed E-state index contributed by atoms with van der Waals surface area (Å²) >= 11 is 0. The third kappa shape index (κ3) is 4.34. The Balaban J connectivity index is 2.06. The van der Waals surface area contributed by atoms with Crippen LogP contribution in [-0.4, -0.2) is 60.4 Å². The number of benzene rings is 1. The summed E-state index contributed by atoms with van der Waals surface area (Å²) in [5, 5.41) is 13.5. The molecule has 1 N–H and O–H groups in total. The minimum Gasteiger partial charge on any atom is -0.371 e. The molecule has 0 aliphatic carbocycles. The van der Waals surface area contributed by atoms with Gasteiger partial charge in [0.1, 0.15) is 5.69 Å². The number of hydrogen-bond donors (Lipinski definition) is 1. The Morgan fingerprint density at radius 2 is 1.92 bits per heavy atom. The molecule has 0 radical (unpaired) electrons. The van der Waals surface area contributed by atoms with E-state index in [1.165, 1.54) is 0 Å². The van der Waals surface area contributed by atoms with E-state index in [9.17, 15) is 28.1 Å². The summed E-state index contributed by atoms with van der Waals surface area (Å²) < 4.78 is 37.9. The molecule has 10 heteroatoms. The van der Waals surface area contributed by atoms with Crippen molar-refractivity contribution in [1.29, 1.82) is 0 Å². The number of anilines is 1. The lowest BCUT2D eigenvalue weighted by molar-refractivity contribution is -0.384. The van der Waals surface area contributed by atoms with Crippen LogP contribution in [0.15, 0.2) is 18.2 Å². The van der Waals surface area contributed by atoms with E-state index in [2.05, 4.69) is 10.2 Å². The summed E-state index contributed by atoms with van der Waals surface area (Å²) in [5.41, 5.74) is -1.93. The summed E-state index contributed by atoms with van der Waals surface area (Å²) in [6.45, 7) is 2.34. The van der Waals surface area contributed by atoms with Crippen LogP contribution in [0, 0.1) is 10.1 Å². The maximum absolute atomic E-state index is 12.6. The smallest absolute Gasteiger partial charge is 0.371 e. The lowest BCUT2D eigenvalue weighted by Crippen LogP contribution is -2.48. The van der Waals surface area contributed by atoms with Gasteiger partial charge in [-0.2, -0.15) is 13.2 Å². The van der Waals surface area contributed by atoms with Crippen LogP contribution in [0.1, 0.15) is 5.56 Å². The normalized spacial score (nSPS) is 16.1. The van der Waals surface area contributed by atoms with Crippen molar-refractivity contribution in [2.24, 2.45) is 0 Å². The molecule has 0 spiro atoms. The number of nitrogens with zero attached hydrogens (tertiary/aromatic N) is 3. The predicted octanol–water partition coefficient (Wildman–Crippen LogP) is 1.80. The monoisotopic (exact) mass is 346 g/mol. The summed E-state index contributed by atoms with van der Waals surface area (Å²) in [7, 11) is 1.94. The van der Waals surface area contributed by atoms with Crippen molar-refractivity contribution >= 4 is 17.3 Å². The zero-order valence-corrected chi connectivity index (χ0v) is 13.0. The number of piperazine rings is 1. The molecule has 0 aromatic heterocycles. The minimum atomic E-state index is -4.67. The van der Waals surface area contributed by atoms with Crippen molar-refractivity contribution in [3.05, 3.63) is 33.9 Å². The molecule has 1 aromatic carbocycles. The highest BCUT2D eigenvalue weighted by Crippen LogP contribution is 2.34. The van der Waals surface area contributed by atoms with Crippen LogP contribution in [0.5, 0.6) is 0 Å². The summed E-state index contributed by atoms with van der Waals surface area (Å²) in [4.78, 5) is 25.8. The molecule has 1 aliphatic rings. The van der Waals surface area contributed by atoms with Crippen molar-refractivity contribution in [3.8, 4) is 0 Å². The van der Waals surface area contributed by atoms with Crippen molar-refractivity contribution < 1.29 is 22.9 Å². The number of nitrogens with one attached hydrogen (secondary N) is 1. The first kappa shape index (κ1) is 18.0. The molecule has 1 fully saturated rings. The summed E-state index contributed by atoms with van der Waals surface area (Å²) in [6, 6.07) is 2.18. The van der Waals surface area contributed by atoms with E-state index in [1.54, 1.807) is 4.90 Å². The van der Waals surface area contributed by atoms with Crippen LogP contribution < -0.4 is 5.32 Å². The minimum absolute atomic E-state index is 0.115. The number of nitro benzene ring substituents is 1. The van der Waals surface area contributed by atoms with E-state index in [-0.39, 0.29) is 18.1 Å². The molecule has 0 unspecified atom stereocenters. The molecular weight excluding hydrogens is 329 g/mol. The van der Waals surface area contributed by atoms with Gasteiger partial charge in [0.2, 0.25) is 5.91 Å². The average molecular weight is 346 g/mol. The highest BCUT2D eigenvalue weighted by Gasteiger charge is 2.33. The summed E-state index contributed by atoms with van der Waals surface area (Å²) in [5.74, 6) is -0.253. The van der Waals surface area contributed by atoms with Crippen LogP contribution in [-0.2, 0) is 11.0 Å². The lowest BCUT2D eigenvalue weighted by Gasteiger charge is -2.32. The Morgan fingerprint density at radius 1 is 1.29 bits per heavy atom. The number of carbonyl (C=O) groups excluding carboxylic acids is 1. The molecule has 1 saturated heterocycles. The van der Waals surface area contributed by atoms with Crippen molar-refractivity contribution in [2.75, 3.05) is 45.1 Å². The van der Waals surface area contributed by atoms with E-state index >= 15 is 0 Å². The van der Waals surface area contributed by atoms with Gasteiger partial charge in [-0.1, -0.05) is 0 Å². The fourth-order valence-corrected chi connectivity index (χ4v) is 2.35. The Bertz CT molecular complexity index is 628. The molecule has 1 aromatic rings. The Hall–Kier alpha value is -2.36. The third-order valence-corrected chi connectivity index (χ3v) is 3.81. The van der Waals surface area contributed by atoms with Crippen molar-refractivity contribution in [1.82, 2.24) is 9.80 Å². The van der Waals surface area contributed by atoms with Gasteiger partial charge in [0, 0.05) is 32.2 Å². The first-order valence-electron chi connectivity index (χ1n) is 7.24. The highest BCUT2D eigenvalue weighted by molar-refractivity contribution is 5.82. The molecule has 132 valence electrons. The molecule has 0 atom stereocenters. The molecule has 7 nitrogen and oxygen atoms in total. The zero-order chi connectivity index (χ0) is 17.9. The first-order chi connectivity index (χ1) is 11.2. The zero-order valence-electron chi connectivity index (χ0n) is 13.0. The quantitative estimate of drug-likeness (QED) is 0.664. The Kier molecular flexibility index (Phi) is 5.27. The van der Waals surface area contributed by atoms with Crippen LogP contribution in [0.4, 0.5) is 24.5 Å². The molecule has 0 saturated carbocycles. The molecule has 0 bridgehead atoms. The van der Waals surface area contributed by atoms with Crippen LogP contribution in [0.2, 0.25) is 0 Å². The SMILES string of the molecule is CN1CCN(C(=O)CNc2ccc(C(F)(F)F)cc2[N+](=O)[O-])CC1. The van der Waals surface area contributed by atoms with Gasteiger partial charge in [-0.05, 0) is 19.2 Å². The number of carbonyl (C=O) groups is 1. The van der Waals surface area contributed by atoms with Gasteiger partial charge in [0.25, 0.3) is 5.69 Å². The number of nitro groups is 1. The number of likely N-dealkylation sites (N-methyl/N-ethyl adjacent to an activating group) is 1.